The summed E-state index contributed by atoms with van der Waals surface area (Å²) in [7, 11) is 2.97. The molecule has 1 aliphatic rings. The van der Waals surface area contributed by atoms with Crippen LogP contribution < -0.4 is 19.5 Å². The summed E-state index contributed by atoms with van der Waals surface area (Å²) in [5, 5.41) is 2.75. The molecule has 3 rings (SSSR count). The van der Waals surface area contributed by atoms with E-state index in [2.05, 4.69) is 5.32 Å². The van der Waals surface area contributed by atoms with Gasteiger partial charge in [0.1, 0.15) is 12.7 Å². The molecule has 1 fully saturated rings. The van der Waals surface area contributed by atoms with Crippen LogP contribution in [0.4, 0.5) is 0 Å². The van der Waals surface area contributed by atoms with Crippen molar-refractivity contribution in [2.45, 2.75) is 19.6 Å². The van der Waals surface area contributed by atoms with Crippen molar-refractivity contribution in [3.63, 3.8) is 0 Å². The Balaban J connectivity index is 1.56. The van der Waals surface area contributed by atoms with Gasteiger partial charge < -0.3 is 29.2 Å². The van der Waals surface area contributed by atoms with Crippen molar-refractivity contribution in [3.05, 3.63) is 65.7 Å². The maximum atomic E-state index is 12.6. The number of carbonyl (C=O) groups excluding carboxylic acids is 3. The van der Waals surface area contributed by atoms with Gasteiger partial charge in [0.05, 0.1) is 32.9 Å². The molecule has 9 heteroatoms. The highest BCUT2D eigenvalue weighted by molar-refractivity contribution is 5.98. The van der Waals surface area contributed by atoms with E-state index in [9.17, 15) is 14.4 Å². The standard InChI is InChI=1S/C26H30N2O7/c1-18(29)21-9-10-22(32-2)26(33-3)25(21)35-17-20-16-28(13-14-34-20)24(31)12-11-23(30)27-15-19-7-5-4-6-8-19/h4-12,20H,13-17H2,1-3H3,(H,27,30)/b12-11+. The molecule has 0 radical (unpaired) electrons. The van der Waals surface area contributed by atoms with Gasteiger partial charge in [-0.15, -0.1) is 0 Å². The number of ether oxygens (including phenoxy) is 4. The molecule has 0 bridgehead atoms. The molecule has 1 unspecified atom stereocenters. The van der Waals surface area contributed by atoms with Gasteiger partial charge in [0.2, 0.25) is 17.6 Å². The molecule has 1 aliphatic heterocycles. The molecule has 2 aromatic carbocycles. The van der Waals surface area contributed by atoms with Gasteiger partial charge in [-0.3, -0.25) is 14.4 Å². The Morgan fingerprint density at radius 3 is 2.51 bits per heavy atom. The number of hydrogen-bond acceptors (Lipinski definition) is 7. The molecule has 1 heterocycles. The fourth-order valence-corrected chi connectivity index (χ4v) is 3.61. The second kappa shape index (κ2) is 12.6. The smallest absolute Gasteiger partial charge is 0.246 e. The molecule has 9 nitrogen and oxygen atoms in total. The topological polar surface area (TPSA) is 103 Å². The predicted octanol–water partition coefficient (Wildman–Crippen LogP) is 2.39. The molecular weight excluding hydrogens is 452 g/mol. The van der Waals surface area contributed by atoms with E-state index >= 15 is 0 Å². The molecule has 2 amide bonds. The molecule has 35 heavy (non-hydrogen) atoms. The van der Waals surface area contributed by atoms with Crippen LogP contribution in [0, 0.1) is 0 Å². The van der Waals surface area contributed by atoms with Crippen LogP contribution >= 0.6 is 0 Å². The third kappa shape index (κ3) is 7.07. The predicted molar refractivity (Wildman–Crippen MR) is 129 cm³/mol. The lowest BCUT2D eigenvalue weighted by Crippen LogP contribution is -2.47. The van der Waals surface area contributed by atoms with Crippen LogP contribution in [-0.2, 0) is 20.9 Å². The van der Waals surface area contributed by atoms with E-state index in [1.807, 2.05) is 30.3 Å². The normalized spacial score (nSPS) is 15.5. The molecule has 0 spiro atoms. The summed E-state index contributed by atoms with van der Waals surface area (Å²) in [6, 6.07) is 12.8. The minimum absolute atomic E-state index is 0.0921. The zero-order chi connectivity index (χ0) is 25.2. The van der Waals surface area contributed by atoms with Crippen LogP contribution in [0.3, 0.4) is 0 Å². The van der Waals surface area contributed by atoms with E-state index in [-0.39, 0.29) is 36.5 Å². The number of ketones is 1. The van der Waals surface area contributed by atoms with Gasteiger partial charge in [0.25, 0.3) is 0 Å². The minimum Gasteiger partial charge on any atom is -0.493 e. The summed E-state index contributed by atoms with van der Waals surface area (Å²) < 4.78 is 22.4. The average Bonchev–Trinajstić information content (AvgIpc) is 2.89. The van der Waals surface area contributed by atoms with Gasteiger partial charge in [-0.25, -0.2) is 0 Å². The molecule has 0 aliphatic carbocycles. The largest absolute Gasteiger partial charge is 0.493 e. The first-order valence-electron chi connectivity index (χ1n) is 11.2. The Bertz CT molecular complexity index is 1070. The first-order chi connectivity index (χ1) is 16.9. The molecule has 0 aromatic heterocycles. The molecular formula is C26H30N2O7. The fourth-order valence-electron chi connectivity index (χ4n) is 3.61. The fraction of sp³-hybridized carbons (Fsp3) is 0.346. The Labute approximate surface area is 204 Å². The summed E-state index contributed by atoms with van der Waals surface area (Å²) in [5.74, 6) is 0.186. The quantitative estimate of drug-likeness (QED) is 0.410. The van der Waals surface area contributed by atoms with E-state index in [0.29, 0.717) is 36.8 Å². The van der Waals surface area contributed by atoms with Crippen molar-refractivity contribution in [3.8, 4) is 17.2 Å². The van der Waals surface area contributed by atoms with Crippen LogP contribution in [0.1, 0.15) is 22.8 Å². The number of rotatable bonds is 10. The van der Waals surface area contributed by atoms with Gasteiger partial charge in [-0.05, 0) is 24.6 Å². The minimum atomic E-state index is -0.427. The molecule has 1 N–H and O–H groups in total. The van der Waals surface area contributed by atoms with Crippen molar-refractivity contribution in [1.82, 2.24) is 10.2 Å². The van der Waals surface area contributed by atoms with Gasteiger partial charge in [0.15, 0.2) is 17.3 Å². The number of hydrogen-bond donors (Lipinski definition) is 1. The third-order valence-electron chi connectivity index (χ3n) is 5.43. The maximum absolute atomic E-state index is 12.6. The van der Waals surface area contributed by atoms with E-state index in [0.717, 1.165) is 5.56 Å². The van der Waals surface area contributed by atoms with Crippen LogP contribution in [0.2, 0.25) is 0 Å². The van der Waals surface area contributed by atoms with Gasteiger partial charge >= 0.3 is 0 Å². The van der Waals surface area contributed by atoms with Crippen LogP contribution in [-0.4, -0.2) is 69.1 Å². The van der Waals surface area contributed by atoms with E-state index < -0.39 is 6.10 Å². The maximum Gasteiger partial charge on any atom is 0.246 e. The molecule has 1 saturated heterocycles. The summed E-state index contributed by atoms with van der Waals surface area (Å²) in [6.45, 7) is 2.90. The second-order valence-electron chi connectivity index (χ2n) is 7.86. The van der Waals surface area contributed by atoms with Gasteiger partial charge in [-0.2, -0.15) is 0 Å². The zero-order valence-electron chi connectivity index (χ0n) is 20.1. The molecule has 0 saturated carbocycles. The summed E-state index contributed by atoms with van der Waals surface area (Å²) in [5.41, 5.74) is 1.33. The number of carbonyl (C=O) groups is 3. The first kappa shape index (κ1) is 25.8. The number of nitrogens with zero attached hydrogens (tertiary/aromatic N) is 1. The van der Waals surface area contributed by atoms with Crippen molar-refractivity contribution in [2.75, 3.05) is 40.5 Å². The number of benzene rings is 2. The summed E-state index contributed by atoms with van der Waals surface area (Å²) >= 11 is 0. The lowest BCUT2D eigenvalue weighted by Gasteiger charge is -2.32. The summed E-state index contributed by atoms with van der Waals surface area (Å²) in [6.07, 6.45) is 2.05. The number of morpholine rings is 1. The number of Topliss-reactive ketones (excluding diaryl/α,β-unsaturated/α-hetero) is 1. The Morgan fingerprint density at radius 2 is 1.83 bits per heavy atom. The van der Waals surface area contributed by atoms with E-state index in [1.165, 1.54) is 33.3 Å². The SMILES string of the molecule is COc1ccc(C(C)=O)c(OCC2CN(C(=O)/C=C/C(=O)NCc3ccccc3)CCO2)c1OC. The lowest BCUT2D eigenvalue weighted by atomic mass is 10.1. The van der Waals surface area contributed by atoms with Crippen LogP contribution in [0.5, 0.6) is 17.2 Å². The van der Waals surface area contributed by atoms with Crippen LogP contribution in [0.15, 0.2) is 54.6 Å². The van der Waals surface area contributed by atoms with Crippen molar-refractivity contribution < 1.29 is 33.3 Å². The van der Waals surface area contributed by atoms with Crippen molar-refractivity contribution in [1.29, 1.82) is 0 Å². The van der Waals surface area contributed by atoms with E-state index in [4.69, 9.17) is 18.9 Å². The Kier molecular flexibility index (Phi) is 9.25. The monoisotopic (exact) mass is 482 g/mol. The van der Waals surface area contributed by atoms with Crippen molar-refractivity contribution >= 4 is 17.6 Å². The average molecular weight is 483 g/mol. The molecule has 186 valence electrons. The summed E-state index contributed by atoms with van der Waals surface area (Å²) in [4.78, 5) is 38.3. The first-order valence-corrected chi connectivity index (χ1v) is 11.2. The second-order valence-corrected chi connectivity index (χ2v) is 7.86. The number of methoxy groups -OCH3 is 2. The Morgan fingerprint density at radius 1 is 1.06 bits per heavy atom. The van der Waals surface area contributed by atoms with Gasteiger partial charge in [0, 0.05) is 25.2 Å². The zero-order valence-corrected chi connectivity index (χ0v) is 20.1. The third-order valence-corrected chi connectivity index (χ3v) is 5.43. The van der Waals surface area contributed by atoms with Crippen molar-refractivity contribution in [2.24, 2.45) is 0 Å². The molecule has 2 aromatic rings. The highest BCUT2D eigenvalue weighted by Gasteiger charge is 2.26. The highest BCUT2D eigenvalue weighted by atomic mass is 16.6. The van der Waals surface area contributed by atoms with Gasteiger partial charge in [-0.1, -0.05) is 30.3 Å². The highest BCUT2D eigenvalue weighted by Crippen LogP contribution is 2.40. The van der Waals surface area contributed by atoms with E-state index in [1.54, 1.807) is 17.0 Å². The number of amides is 2. The Hall–Kier alpha value is -3.85. The number of nitrogens with one attached hydrogen (secondary N) is 1. The molecule has 1 atom stereocenters. The lowest BCUT2D eigenvalue weighted by molar-refractivity contribution is -0.134. The van der Waals surface area contributed by atoms with Crippen LogP contribution in [0.25, 0.3) is 0 Å².